The summed E-state index contributed by atoms with van der Waals surface area (Å²) in [6, 6.07) is 22.3. The second-order valence-corrected chi connectivity index (χ2v) is 12.0. The lowest BCUT2D eigenvalue weighted by atomic mass is 9.52. The van der Waals surface area contributed by atoms with Crippen molar-refractivity contribution < 1.29 is 23.8 Å². The number of benzene rings is 3. The van der Waals surface area contributed by atoms with Crippen LogP contribution < -0.4 is 9.75 Å². The van der Waals surface area contributed by atoms with Gasteiger partial charge >= 0.3 is 5.69 Å². The predicted molar refractivity (Wildman–Crippen MR) is 162 cm³/mol. The van der Waals surface area contributed by atoms with Crippen LogP contribution >= 0.6 is 0 Å². The molecular weight excluding hydrogens is 560 g/mol. The molecule has 1 aliphatic carbocycles. The van der Waals surface area contributed by atoms with E-state index in [0.29, 0.717) is 22.7 Å². The zero-order valence-electron chi connectivity index (χ0n) is 24.7. The van der Waals surface area contributed by atoms with Crippen LogP contribution in [-0.2, 0) is 4.79 Å². The highest BCUT2D eigenvalue weighted by atomic mass is 16.6. The van der Waals surface area contributed by atoms with E-state index in [4.69, 9.17) is 14.4 Å². The van der Waals surface area contributed by atoms with Gasteiger partial charge in [0, 0.05) is 5.92 Å². The normalized spacial score (nSPS) is 25.8. The van der Waals surface area contributed by atoms with E-state index >= 15 is 0 Å². The Bertz CT molecular complexity index is 1860. The van der Waals surface area contributed by atoms with Gasteiger partial charge in [-0.25, -0.2) is 0 Å². The van der Waals surface area contributed by atoms with Crippen molar-refractivity contribution in [2.24, 2.45) is 16.4 Å². The topological polar surface area (TPSA) is 128 Å². The number of carbonyl (C=O) groups is 2. The number of hydrazone groups is 1. The minimum Gasteiger partial charge on any atom is -0.488 e. The number of anilines is 1. The summed E-state index contributed by atoms with van der Waals surface area (Å²) in [5, 5.41) is 22.7. The van der Waals surface area contributed by atoms with Crippen LogP contribution in [0.4, 0.5) is 11.4 Å². The Labute approximate surface area is 253 Å². The Balaban J connectivity index is 1.52. The first kappa shape index (κ1) is 27.7. The van der Waals surface area contributed by atoms with Gasteiger partial charge in [-0.15, -0.1) is 0 Å². The summed E-state index contributed by atoms with van der Waals surface area (Å²) in [5.74, 6) is -2.58. The molecule has 0 bridgehead atoms. The van der Waals surface area contributed by atoms with Gasteiger partial charge in [-0.3, -0.25) is 19.7 Å². The molecule has 0 saturated heterocycles. The Morgan fingerprint density at radius 3 is 2.36 bits per heavy atom. The van der Waals surface area contributed by atoms with Crippen molar-refractivity contribution in [3.63, 3.8) is 0 Å². The van der Waals surface area contributed by atoms with Crippen LogP contribution in [0.3, 0.4) is 0 Å². The van der Waals surface area contributed by atoms with E-state index in [1.54, 1.807) is 31.2 Å². The van der Waals surface area contributed by atoms with Gasteiger partial charge < -0.3 is 9.26 Å². The quantitative estimate of drug-likeness (QED) is 0.197. The maximum absolute atomic E-state index is 14.9. The minimum atomic E-state index is -1.34. The number of ether oxygens (including phenoxy) is 1. The molecule has 1 spiro atoms. The molecule has 3 aliphatic rings. The summed E-state index contributed by atoms with van der Waals surface area (Å²) >= 11 is 0. The van der Waals surface area contributed by atoms with Crippen LogP contribution in [0, 0.1) is 42.2 Å². The lowest BCUT2D eigenvalue weighted by molar-refractivity contribution is -0.387. The molecule has 0 unspecified atom stereocenters. The average Bonchev–Trinajstić information content (AvgIpc) is 3.51. The molecule has 0 radical (unpaired) electrons. The third-order valence-electron chi connectivity index (χ3n) is 9.43. The van der Waals surface area contributed by atoms with Crippen molar-refractivity contribution in [1.82, 2.24) is 5.16 Å². The van der Waals surface area contributed by atoms with Crippen LogP contribution in [0.25, 0.3) is 0 Å². The Hall–Kier alpha value is -5.12. The van der Waals surface area contributed by atoms with E-state index in [2.05, 4.69) is 5.16 Å². The smallest absolute Gasteiger partial charge is 0.334 e. The molecule has 1 fully saturated rings. The number of para-hydroxylation sites is 1. The number of aryl methyl sites for hydroxylation is 3. The van der Waals surface area contributed by atoms with Crippen molar-refractivity contribution in [3.8, 4) is 5.75 Å². The number of rotatable bonds is 4. The Kier molecular flexibility index (Phi) is 6.28. The molecule has 1 saturated carbocycles. The van der Waals surface area contributed by atoms with Crippen molar-refractivity contribution in [1.29, 1.82) is 0 Å². The summed E-state index contributed by atoms with van der Waals surface area (Å²) in [6.07, 6.45) is -0.760. The standard InChI is InChI=1S/C34H30N4O6/c1-18-10-13-22(14-11-18)28-27(32-29(38(41)42)20(3)36-44-32)31-25(30(39)24-16-19(2)12-15-26(24)43-31)17-34(28)21(4)35-37(33(34)40)23-8-6-5-7-9-23/h5-16,25,27-28,31H,17H2,1-4H3/t25-,27-,28-,31-,34-/m1/s1. The third kappa shape index (κ3) is 3.93. The zero-order chi connectivity index (χ0) is 30.9. The molecule has 0 N–H and O–H groups in total. The number of ketones is 1. The fraction of sp³-hybridized carbons (Fsp3) is 0.294. The SMILES string of the molecule is CC1=NN(c2ccccc2)C(=O)[C@]12C[C@@H]1C(=O)c3cc(C)ccc3O[C@H]1[C@H](c1onc(C)c1[N+](=O)[O-])[C@H]2c1ccc(C)cc1. The maximum atomic E-state index is 14.9. The first-order chi connectivity index (χ1) is 21.1. The molecule has 3 aromatic carbocycles. The highest BCUT2D eigenvalue weighted by molar-refractivity contribution is 6.20. The van der Waals surface area contributed by atoms with E-state index in [0.717, 1.165) is 16.7 Å². The van der Waals surface area contributed by atoms with E-state index < -0.39 is 34.2 Å². The lowest BCUT2D eigenvalue weighted by Gasteiger charge is -2.51. The van der Waals surface area contributed by atoms with Crippen LogP contribution in [-0.4, -0.2) is 33.6 Å². The van der Waals surface area contributed by atoms with Crippen molar-refractivity contribution in [3.05, 3.63) is 117 Å². The van der Waals surface area contributed by atoms with Crippen LogP contribution in [0.1, 0.15) is 63.7 Å². The van der Waals surface area contributed by atoms with Gasteiger partial charge in [-0.05, 0) is 63.9 Å². The number of hydrogen-bond acceptors (Lipinski definition) is 8. The van der Waals surface area contributed by atoms with Gasteiger partial charge in [0.25, 0.3) is 5.91 Å². The number of hydrogen-bond donors (Lipinski definition) is 0. The molecule has 10 nitrogen and oxygen atoms in total. The number of aromatic nitrogens is 1. The summed E-state index contributed by atoms with van der Waals surface area (Å²) in [5.41, 5.74) is 2.67. The monoisotopic (exact) mass is 590 g/mol. The lowest BCUT2D eigenvalue weighted by Crippen LogP contribution is -2.58. The van der Waals surface area contributed by atoms with Gasteiger partial charge in [0.15, 0.2) is 11.5 Å². The Morgan fingerprint density at radius 1 is 0.955 bits per heavy atom. The molecule has 7 rings (SSSR count). The fourth-order valence-corrected chi connectivity index (χ4v) is 7.37. The molecule has 5 atom stereocenters. The molecule has 3 heterocycles. The summed E-state index contributed by atoms with van der Waals surface area (Å²) < 4.78 is 12.4. The number of nitro groups is 1. The molecular formula is C34H30N4O6. The van der Waals surface area contributed by atoms with Gasteiger partial charge in [-0.2, -0.15) is 10.1 Å². The van der Waals surface area contributed by atoms with Gasteiger partial charge in [0.1, 0.15) is 11.9 Å². The van der Waals surface area contributed by atoms with E-state index in [9.17, 15) is 19.7 Å². The zero-order valence-corrected chi connectivity index (χ0v) is 24.7. The van der Waals surface area contributed by atoms with Crippen LogP contribution in [0.15, 0.2) is 82.4 Å². The van der Waals surface area contributed by atoms with E-state index in [1.165, 1.54) is 11.9 Å². The van der Waals surface area contributed by atoms with E-state index in [-0.39, 0.29) is 35.3 Å². The summed E-state index contributed by atoms with van der Waals surface area (Å²) in [4.78, 5) is 41.2. The first-order valence-electron chi connectivity index (χ1n) is 14.6. The fourth-order valence-electron chi connectivity index (χ4n) is 7.37. The molecule has 1 aromatic heterocycles. The number of fused-ring (bicyclic) bond motifs is 2. The molecule has 1 amide bonds. The molecule has 4 aromatic rings. The minimum absolute atomic E-state index is 0.0192. The first-order valence-corrected chi connectivity index (χ1v) is 14.6. The average molecular weight is 591 g/mol. The van der Waals surface area contributed by atoms with Gasteiger partial charge in [0.2, 0.25) is 5.76 Å². The Morgan fingerprint density at radius 2 is 1.66 bits per heavy atom. The number of amides is 1. The van der Waals surface area contributed by atoms with Gasteiger partial charge in [-0.1, -0.05) is 64.8 Å². The molecule has 44 heavy (non-hydrogen) atoms. The number of carbonyl (C=O) groups excluding carboxylic acids is 2. The highest BCUT2D eigenvalue weighted by Gasteiger charge is 2.67. The van der Waals surface area contributed by atoms with Crippen LogP contribution in [0.2, 0.25) is 0 Å². The van der Waals surface area contributed by atoms with Gasteiger partial charge in [0.05, 0.1) is 39.1 Å². The largest absolute Gasteiger partial charge is 0.488 e. The molecule has 10 heteroatoms. The third-order valence-corrected chi connectivity index (χ3v) is 9.43. The molecule has 2 aliphatic heterocycles. The number of nitrogens with zero attached hydrogens (tertiary/aromatic N) is 4. The highest BCUT2D eigenvalue weighted by Crippen LogP contribution is 2.62. The van der Waals surface area contributed by atoms with Crippen molar-refractivity contribution in [2.75, 3.05) is 5.01 Å². The van der Waals surface area contributed by atoms with Crippen molar-refractivity contribution >= 4 is 28.8 Å². The molecule has 222 valence electrons. The van der Waals surface area contributed by atoms with Crippen LogP contribution in [0.5, 0.6) is 5.75 Å². The summed E-state index contributed by atoms with van der Waals surface area (Å²) in [6.45, 7) is 7.17. The second-order valence-electron chi connectivity index (χ2n) is 12.0. The number of Topliss-reactive ketones (excluding diaryl/α,β-unsaturated/α-hetero) is 1. The maximum Gasteiger partial charge on any atom is 0.334 e. The summed E-state index contributed by atoms with van der Waals surface area (Å²) in [7, 11) is 0. The second kappa shape index (κ2) is 9.97. The predicted octanol–water partition coefficient (Wildman–Crippen LogP) is 6.45. The van der Waals surface area contributed by atoms with Crippen molar-refractivity contribution in [2.45, 2.75) is 52.1 Å². The van der Waals surface area contributed by atoms with E-state index in [1.807, 2.05) is 62.4 Å².